The van der Waals surface area contributed by atoms with Gasteiger partial charge in [-0.2, -0.15) is 0 Å². The van der Waals surface area contributed by atoms with E-state index in [9.17, 15) is 0 Å². The van der Waals surface area contributed by atoms with Crippen LogP contribution in [0, 0.1) is 6.92 Å². The van der Waals surface area contributed by atoms with Gasteiger partial charge in [0.25, 0.3) is 0 Å². The first-order valence-electron chi connectivity index (χ1n) is 6.19. The molecule has 0 aromatic heterocycles. The van der Waals surface area contributed by atoms with Crippen molar-refractivity contribution in [2.45, 2.75) is 6.92 Å². The van der Waals surface area contributed by atoms with Gasteiger partial charge in [0.2, 0.25) is 0 Å². The molecule has 1 aliphatic rings. The highest BCUT2D eigenvalue weighted by Gasteiger charge is 2.18. The number of nitrogen functional groups attached to an aromatic ring is 1. The number of rotatable bonds is 1. The Morgan fingerprint density at radius 3 is 2.68 bits per heavy atom. The summed E-state index contributed by atoms with van der Waals surface area (Å²) in [6, 6.07) is 9.96. The average molecular weight is 252 g/mol. The number of aryl methyl sites for hydroxylation is 1. The van der Waals surface area contributed by atoms with Crippen molar-refractivity contribution in [3.63, 3.8) is 0 Å². The van der Waals surface area contributed by atoms with Gasteiger partial charge in [-0.15, -0.1) is 0 Å². The van der Waals surface area contributed by atoms with E-state index in [0.29, 0.717) is 0 Å². The molecule has 0 bridgehead atoms. The predicted octanol–water partition coefficient (Wildman–Crippen LogP) is 1.20. The smallest absolute Gasteiger partial charge is 0.305 e. The maximum absolute atomic E-state index is 5.93. The zero-order valence-corrected chi connectivity index (χ0v) is 11.3. The second-order valence-corrected chi connectivity index (χ2v) is 4.99. The highest BCUT2D eigenvalue weighted by atomic mass is 15.1. The third-order valence-electron chi connectivity index (χ3n) is 3.32. The SMILES string of the molecule is Cc1cc2c(cc1N)=[N+]c1cc(N(C)C)ccc1N=2. The van der Waals surface area contributed by atoms with Gasteiger partial charge in [0.05, 0.1) is 4.99 Å². The van der Waals surface area contributed by atoms with Crippen LogP contribution in [-0.2, 0) is 0 Å². The molecular formula is C15H16N4+. The van der Waals surface area contributed by atoms with Crippen molar-refractivity contribution in [2.24, 2.45) is 4.99 Å². The normalized spacial score (nSPS) is 11.9. The first-order valence-corrected chi connectivity index (χ1v) is 6.19. The van der Waals surface area contributed by atoms with Crippen molar-refractivity contribution < 1.29 is 0 Å². The van der Waals surface area contributed by atoms with E-state index < -0.39 is 0 Å². The van der Waals surface area contributed by atoms with Gasteiger partial charge in [0, 0.05) is 37.6 Å². The maximum Gasteiger partial charge on any atom is 0.305 e. The van der Waals surface area contributed by atoms with Crippen LogP contribution < -0.4 is 26.3 Å². The van der Waals surface area contributed by atoms with Crippen molar-refractivity contribution in [3.05, 3.63) is 46.6 Å². The molecule has 0 amide bonds. The quantitative estimate of drug-likeness (QED) is 0.661. The van der Waals surface area contributed by atoms with Gasteiger partial charge in [-0.05, 0) is 30.7 Å². The number of hydrogen-bond acceptors (Lipinski definition) is 4. The van der Waals surface area contributed by atoms with E-state index in [1.165, 1.54) is 0 Å². The minimum Gasteiger partial charge on any atom is -0.398 e. The van der Waals surface area contributed by atoms with Crippen molar-refractivity contribution >= 4 is 22.7 Å². The fraction of sp³-hybridized carbons (Fsp3) is 0.200. The van der Waals surface area contributed by atoms with Crippen LogP contribution in [0.3, 0.4) is 0 Å². The van der Waals surface area contributed by atoms with Crippen LogP contribution in [0.4, 0.5) is 22.7 Å². The number of fused-ring (bicyclic) bond motifs is 2. The maximum atomic E-state index is 5.93. The highest BCUT2D eigenvalue weighted by molar-refractivity contribution is 5.68. The zero-order valence-electron chi connectivity index (χ0n) is 11.3. The Bertz CT molecular complexity index is 775. The Morgan fingerprint density at radius 2 is 1.95 bits per heavy atom. The van der Waals surface area contributed by atoms with Crippen LogP contribution in [0.25, 0.3) is 0 Å². The Labute approximate surface area is 111 Å². The summed E-state index contributed by atoms with van der Waals surface area (Å²) < 4.78 is 0. The first-order chi connectivity index (χ1) is 9.04. The molecule has 95 valence electrons. The van der Waals surface area contributed by atoms with Crippen molar-refractivity contribution in [2.75, 3.05) is 24.7 Å². The molecule has 2 aromatic rings. The molecule has 19 heavy (non-hydrogen) atoms. The van der Waals surface area contributed by atoms with Crippen LogP contribution in [0.5, 0.6) is 0 Å². The lowest BCUT2D eigenvalue weighted by molar-refractivity contribution is 1.08. The number of nitrogens with two attached hydrogens (primary N) is 1. The summed E-state index contributed by atoms with van der Waals surface area (Å²) in [5.41, 5.74) is 10.6. The average Bonchev–Trinajstić information content (AvgIpc) is 2.37. The predicted molar refractivity (Wildman–Crippen MR) is 77.7 cm³/mol. The molecule has 2 N–H and O–H groups in total. The summed E-state index contributed by atoms with van der Waals surface area (Å²) >= 11 is 0. The van der Waals surface area contributed by atoms with Gasteiger partial charge in [0.15, 0.2) is 0 Å². The number of benzene rings is 2. The summed E-state index contributed by atoms with van der Waals surface area (Å²) in [6.45, 7) is 1.98. The van der Waals surface area contributed by atoms with E-state index in [1.807, 2.05) is 51.4 Å². The Morgan fingerprint density at radius 1 is 1.16 bits per heavy atom. The topological polar surface area (TPSA) is 55.7 Å². The third-order valence-corrected chi connectivity index (χ3v) is 3.32. The van der Waals surface area contributed by atoms with Crippen LogP contribution in [0.1, 0.15) is 5.56 Å². The summed E-state index contributed by atoms with van der Waals surface area (Å²) in [7, 11) is 4.02. The van der Waals surface area contributed by atoms with Gasteiger partial charge >= 0.3 is 11.0 Å². The van der Waals surface area contributed by atoms with Crippen LogP contribution in [0.15, 0.2) is 35.3 Å². The molecule has 3 rings (SSSR count). The number of nitrogens with zero attached hydrogens (tertiary/aromatic N) is 3. The third kappa shape index (κ3) is 1.95. The summed E-state index contributed by atoms with van der Waals surface area (Å²) in [6.07, 6.45) is 0. The largest absolute Gasteiger partial charge is 0.398 e. The lowest BCUT2D eigenvalue weighted by atomic mass is 10.1. The lowest BCUT2D eigenvalue weighted by Crippen LogP contribution is -2.32. The van der Waals surface area contributed by atoms with Gasteiger partial charge in [0.1, 0.15) is 11.0 Å². The summed E-state index contributed by atoms with van der Waals surface area (Å²) in [5.74, 6) is 0. The zero-order chi connectivity index (χ0) is 13.6. The van der Waals surface area contributed by atoms with Gasteiger partial charge < -0.3 is 10.6 Å². The van der Waals surface area contributed by atoms with Crippen LogP contribution in [-0.4, -0.2) is 14.1 Å². The van der Waals surface area contributed by atoms with Gasteiger partial charge in [-0.3, -0.25) is 0 Å². The van der Waals surface area contributed by atoms with Crippen molar-refractivity contribution in [3.8, 4) is 0 Å². The Hall–Kier alpha value is -2.36. The highest BCUT2D eigenvalue weighted by Crippen LogP contribution is 2.28. The minimum atomic E-state index is 0.755. The number of anilines is 2. The Balaban J connectivity index is 2.24. The molecule has 0 fully saturated rings. The van der Waals surface area contributed by atoms with Crippen LogP contribution in [0.2, 0.25) is 0 Å². The number of hydrogen-bond donors (Lipinski definition) is 1. The van der Waals surface area contributed by atoms with E-state index in [4.69, 9.17) is 5.73 Å². The molecule has 4 nitrogen and oxygen atoms in total. The fourth-order valence-electron chi connectivity index (χ4n) is 2.11. The molecule has 2 aromatic carbocycles. The Kier molecular flexibility index (Phi) is 2.52. The van der Waals surface area contributed by atoms with Crippen molar-refractivity contribution in [1.82, 2.24) is 4.99 Å². The van der Waals surface area contributed by atoms with Gasteiger partial charge in [-0.1, -0.05) is 0 Å². The molecule has 0 aliphatic carbocycles. The van der Waals surface area contributed by atoms with Crippen LogP contribution >= 0.6 is 0 Å². The molecular weight excluding hydrogens is 236 g/mol. The second kappa shape index (κ2) is 4.09. The summed E-state index contributed by atoms with van der Waals surface area (Å²) in [4.78, 5) is 11.3. The van der Waals surface area contributed by atoms with E-state index in [-0.39, 0.29) is 0 Å². The minimum absolute atomic E-state index is 0.755. The molecule has 0 atom stereocenters. The van der Waals surface area contributed by atoms with E-state index in [0.717, 1.165) is 39.0 Å². The molecule has 0 saturated heterocycles. The van der Waals surface area contributed by atoms with E-state index in [2.05, 4.69) is 14.9 Å². The molecule has 0 unspecified atom stereocenters. The second-order valence-electron chi connectivity index (χ2n) is 4.99. The fourth-order valence-corrected chi connectivity index (χ4v) is 2.11. The van der Waals surface area contributed by atoms with Crippen molar-refractivity contribution in [1.29, 1.82) is 0 Å². The molecule has 1 radical (unpaired) electrons. The standard InChI is InChI=1S/C15H16N4/c1-9-6-13-15(8-11(9)16)18-14-7-10(19(2)3)4-5-12(14)17-13/h4-8H,16H2,1-3H3/q+1. The van der Waals surface area contributed by atoms with Gasteiger partial charge in [-0.25, -0.2) is 4.99 Å². The summed E-state index contributed by atoms with van der Waals surface area (Å²) in [5, 5.41) is 1.73. The van der Waals surface area contributed by atoms with E-state index in [1.54, 1.807) is 0 Å². The molecule has 0 saturated carbocycles. The lowest BCUT2D eigenvalue weighted by Gasteiger charge is -2.11. The molecule has 4 heteroatoms. The molecule has 1 heterocycles. The van der Waals surface area contributed by atoms with E-state index >= 15 is 0 Å². The molecule has 0 spiro atoms. The first kappa shape index (κ1) is 11.7. The molecule has 1 aliphatic heterocycles. The monoisotopic (exact) mass is 252 g/mol.